The highest BCUT2D eigenvalue weighted by Crippen LogP contribution is 2.36. The first kappa shape index (κ1) is 20.8. The quantitative estimate of drug-likeness (QED) is 0.534. The van der Waals surface area contributed by atoms with Crippen molar-refractivity contribution < 1.29 is 12.8 Å². The van der Waals surface area contributed by atoms with Gasteiger partial charge in [0.2, 0.25) is 0 Å². The van der Waals surface area contributed by atoms with Crippen LogP contribution in [0.1, 0.15) is 29.7 Å². The van der Waals surface area contributed by atoms with Gasteiger partial charge in [-0.2, -0.15) is 0 Å². The standard InChI is InChI=1S/C23H22ClFN2O2S/c1-16-4-11-20(12-5-16)30(28,29)27-19(10-13-22-23(27)3-2-14-26-22)9-7-17-6-8-18(24)15-21(17)25/h2-6,8,11-12,14-15,19H,7,9-10,13H2,1H3. The average molecular weight is 445 g/mol. The smallest absolute Gasteiger partial charge is 0.261 e. The van der Waals surface area contributed by atoms with E-state index in [0.717, 1.165) is 11.3 Å². The molecule has 2 heterocycles. The van der Waals surface area contributed by atoms with Gasteiger partial charge in [-0.25, -0.2) is 12.8 Å². The third-order valence-electron chi connectivity index (χ3n) is 5.49. The van der Waals surface area contributed by atoms with Crippen LogP contribution in [0.3, 0.4) is 0 Å². The number of benzene rings is 2. The van der Waals surface area contributed by atoms with Crippen LogP contribution >= 0.6 is 11.6 Å². The van der Waals surface area contributed by atoms with Gasteiger partial charge in [-0.3, -0.25) is 9.29 Å². The van der Waals surface area contributed by atoms with Gasteiger partial charge in [0, 0.05) is 17.3 Å². The summed E-state index contributed by atoms with van der Waals surface area (Å²) >= 11 is 5.85. The highest BCUT2D eigenvalue weighted by molar-refractivity contribution is 7.92. The van der Waals surface area contributed by atoms with E-state index in [-0.39, 0.29) is 16.8 Å². The number of hydrogen-bond donors (Lipinski definition) is 0. The van der Waals surface area contributed by atoms with Gasteiger partial charge >= 0.3 is 0 Å². The summed E-state index contributed by atoms with van der Waals surface area (Å²) in [6, 6.07) is 14.7. The SMILES string of the molecule is Cc1ccc(S(=O)(=O)N2c3cccnc3CCC2CCc2ccc(Cl)cc2F)cc1. The van der Waals surface area contributed by atoms with Gasteiger partial charge < -0.3 is 0 Å². The Morgan fingerprint density at radius 2 is 1.93 bits per heavy atom. The van der Waals surface area contributed by atoms with E-state index in [1.165, 1.54) is 10.4 Å². The minimum Gasteiger partial charge on any atom is -0.261 e. The fourth-order valence-electron chi connectivity index (χ4n) is 3.90. The van der Waals surface area contributed by atoms with E-state index < -0.39 is 10.0 Å². The topological polar surface area (TPSA) is 50.3 Å². The van der Waals surface area contributed by atoms with Crippen molar-refractivity contribution in [2.45, 2.75) is 43.5 Å². The van der Waals surface area contributed by atoms with Crippen molar-refractivity contribution >= 4 is 27.3 Å². The van der Waals surface area contributed by atoms with Gasteiger partial charge in [0.1, 0.15) is 5.82 Å². The Morgan fingerprint density at radius 3 is 2.67 bits per heavy atom. The molecule has 4 nitrogen and oxygen atoms in total. The zero-order chi connectivity index (χ0) is 21.3. The highest BCUT2D eigenvalue weighted by Gasteiger charge is 2.36. The number of aromatic nitrogens is 1. The molecule has 0 bridgehead atoms. The maximum Gasteiger partial charge on any atom is 0.264 e. The Bertz CT molecular complexity index is 1170. The Kier molecular flexibility index (Phi) is 5.80. The molecular formula is C23H22ClFN2O2S. The molecule has 1 aliphatic heterocycles. The summed E-state index contributed by atoms with van der Waals surface area (Å²) in [6.07, 6.45) is 3.91. The number of pyridine rings is 1. The molecule has 1 aromatic heterocycles. The summed E-state index contributed by atoms with van der Waals surface area (Å²) < 4.78 is 42.9. The van der Waals surface area contributed by atoms with Crippen LogP contribution in [0.5, 0.6) is 0 Å². The lowest BCUT2D eigenvalue weighted by molar-refractivity contribution is 0.513. The van der Waals surface area contributed by atoms with E-state index >= 15 is 0 Å². The lowest BCUT2D eigenvalue weighted by atomic mass is 9.96. The van der Waals surface area contributed by atoms with Crippen LogP contribution in [-0.2, 0) is 22.9 Å². The van der Waals surface area contributed by atoms with Crippen molar-refractivity contribution in [2.75, 3.05) is 4.31 Å². The van der Waals surface area contributed by atoms with Crippen LogP contribution in [-0.4, -0.2) is 19.4 Å². The lowest BCUT2D eigenvalue weighted by Gasteiger charge is -2.37. The number of hydrogen-bond acceptors (Lipinski definition) is 3. The predicted molar refractivity (Wildman–Crippen MR) is 117 cm³/mol. The minimum atomic E-state index is -3.78. The summed E-state index contributed by atoms with van der Waals surface area (Å²) in [4.78, 5) is 4.63. The second-order valence-corrected chi connectivity index (χ2v) is 9.80. The monoisotopic (exact) mass is 444 g/mol. The van der Waals surface area contributed by atoms with Gasteiger partial charge in [-0.1, -0.05) is 35.4 Å². The highest BCUT2D eigenvalue weighted by atomic mass is 35.5. The van der Waals surface area contributed by atoms with Crippen molar-refractivity contribution in [1.29, 1.82) is 0 Å². The van der Waals surface area contributed by atoms with E-state index in [1.54, 1.807) is 54.7 Å². The molecule has 7 heteroatoms. The van der Waals surface area contributed by atoms with Gasteiger partial charge in [-0.15, -0.1) is 0 Å². The molecule has 30 heavy (non-hydrogen) atoms. The fraction of sp³-hybridized carbons (Fsp3) is 0.261. The second kappa shape index (κ2) is 8.36. The van der Waals surface area contributed by atoms with Crippen molar-refractivity contribution in [3.63, 3.8) is 0 Å². The molecule has 0 radical (unpaired) electrons. The van der Waals surface area contributed by atoms with Gasteiger partial charge in [0.15, 0.2) is 0 Å². The van der Waals surface area contributed by atoms with Crippen molar-refractivity contribution in [2.24, 2.45) is 0 Å². The Labute approximate surface area is 181 Å². The van der Waals surface area contributed by atoms with E-state index in [2.05, 4.69) is 4.98 Å². The minimum absolute atomic E-state index is 0.243. The summed E-state index contributed by atoms with van der Waals surface area (Å²) in [5, 5.41) is 0.345. The molecular weight excluding hydrogens is 423 g/mol. The normalized spacial score (nSPS) is 16.4. The molecule has 4 rings (SSSR count). The number of anilines is 1. The molecule has 0 aliphatic carbocycles. The molecule has 0 N–H and O–H groups in total. The van der Waals surface area contributed by atoms with Gasteiger partial charge in [0.25, 0.3) is 10.0 Å². The molecule has 3 aromatic rings. The van der Waals surface area contributed by atoms with Crippen molar-refractivity contribution in [1.82, 2.24) is 4.98 Å². The summed E-state index contributed by atoms with van der Waals surface area (Å²) in [6.45, 7) is 1.92. The Morgan fingerprint density at radius 1 is 1.17 bits per heavy atom. The zero-order valence-corrected chi connectivity index (χ0v) is 18.1. The first-order valence-corrected chi connectivity index (χ1v) is 11.7. The van der Waals surface area contributed by atoms with E-state index in [0.29, 0.717) is 42.0 Å². The molecule has 0 fully saturated rings. The maximum absolute atomic E-state index is 14.3. The summed E-state index contributed by atoms with van der Waals surface area (Å²) in [5.41, 5.74) is 2.89. The van der Waals surface area contributed by atoms with Crippen LogP contribution in [0.25, 0.3) is 0 Å². The van der Waals surface area contributed by atoms with Crippen molar-refractivity contribution in [3.8, 4) is 0 Å². The molecule has 2 aromatic carbocycles. The first-order valence-electron chi connectivity index (χ1n) is 9.85. The number of rotatable bonds is 5. The van der Waals surface area contributed by atoms with Crippen LogP contribution in [0, 0.1) is 12.7 Å². The van der Waals surface area contributed by atoms with E-state index in [4.69, 9.17) is 11.6 Å². The molecule has 1 atom stereocenters. The third-order valence-corrected chi connectivity index (χ3v) is 7.61. The Balaban J connectivity index is 1.69. The number of sulfonamides is 1. The number of aryl methyl sites for hydroxylation is 3. The molecule has 0 saturated carbocycles. The fourth-order valence-corrected chi connectivity index (χ4v) is 5.79. The van der Waals surface area contributed by atoms with Gasteiger partial charge in [0.05, 0.1) is 16.3 Å². The number of fused-ring (bicyclic) bond motifs is 1. The van der Waals surface area contributed by atoms with Crippen molar-refractivity contribution in [3.05, 3.63) is 88.5 Å². The number of nitrogens with zero attached hydrogens (tertiary/aromatic N) is 2. The Hall–Kier alpha value is -2.44. The molecule has 1 aliphatic rings. The van der Waals surface area contributed by atoms with E-state index in [1.807, 2.05) is 6.92 Å². The van der Waals surface area contributed by atoms with Gasteiger partial charge in [-0.05, 0) is 74.6 Å². The van der Waals surface area contributed by atoms with Crippen LogP contribution in [0.15, 0.2) is 65.7 Å². The largest absolute Gasteiger partial charge is 0.264 e. The second-order valence-electron chi connectivity index (χ2n) is 7.55. The third kappa shape index (κ3) is 4.07. The average Bonchev–Trinajstić information content (AvgIpc) is 2.73. The molecule has 1 unspecified atom stereocenters. The number of halogens is 2. The maximum atomic E-state index is 14.3. The van der Waals surface area contributed by atoms with Crippen LogP contribution in [0.4, 0.5) is 10.1 Å². The summed E-state index contributed by atoms with van der Waals surface area (Å²) in [7, 11) is -3.78. The molecule has 0 spiro atoms. The van der Waals surface area contributed by atoms with E-state index in [9.17, 15) is 12.8 Å². The first-order chi connectivity index (χ1) is 14.4. The predicted octanol–water partition coefficient (Wildman–Crippen LogP) is 5.33. The molecule has 0 amide bonds. The van der Waals surface area contributed by atoms with Crippen LogP contribution in [0.2, 0.25) is 5.02 Å². The zero-order valence-electron chi connectivity index (χ0n) is 16.6. The summed E-state index contributed by atoms with van der Waals surface area (Å²) in [5.74, 6) is -0.367. The van der Waals surface area contributed by atoms with Crippen LogP contribution < -0.4 is 4.31 Å². The lowest BCUT2D eigenvalue weighted by Crippen LogP contribution is -2.44. The molecule has 0 saturated heterocycles. The molecule has 156 valence electrons.